The minimum absolute atomic E-state index is 0.155. The molecule has 0 aromatic carbocycles. The van der Waals surface area contributed by atoms with Crippen LogP contribution < -0.4 is 0 Å². The lowest BCUT2D eigenvalue weighted by Gasteiger charge is -1.93. The van der Waals surface area contributed by atoms with Crippen molar-refractivity contribution >= 4 is 33.4 Å². The van der Waals surface area contributed by atoms with E-state index in [0.717, 1.165) is 15.5 Å². The summed E-state index contributed by atoms with van der Waals surface area (Å²) >= 11 is 3.15. The summed E-state index contributed by atoms with van der Waals surface area (Å²) in [6.45, 7) is 4.08. The first-order chi connectivity index (χ1) is 8.63. The number of nitrogens with zero attached hydrogens (tertiary/aromatic N) is 2. The number of imidazole rings is 1. The average molecular weight is 276 g/mol. The second-order valence-corrected chi connectivity index (χ2v) is 6.40. The van der Waals surface area contributed by atoms with Crippen molar-refractivity contribution in [3.63, 3.8) is 0 Å². The second kappa shape index (κ2) is 4.33. The Bertz CT molecular complexity index is 672. The lowest BCUT2D eigenvalue weighted by atomic mass is 10.2. The molecule has 0 amide bonds. The lowest BCUT2D eigenvalue weighted by molar-refractivity contribution is 0.0996. The molecule has 0 aliphatic carbocycles. The summed E-state index contributed by atoms with van der Waals surface area (Å²) in [4.78, 5) is 19.6. The van der Waals surface area contributed by atoms with E-state index >= 15 is 0 Å². The van der Waals surface area contributed by atoms with Gasteiger partial charge in [-0.15, -0.1) is 22.7 Å². The highest BCUT2D eigenvalue weighted by atomic mass is 32.1. The van der Waals surface area contributed by atoms with E-state index < -0.39 is 0 Å². The molecule has 0 aliphatic rings. The first kappa shape index (κ1) is 11.6. The molecule has 0 bridgehead atoms. The lowest BCUT2D eigenvalue weighted by Crippen LogP contribution is -2.01. The van der Waals surface area contributed by atoms with Crippen LogP contribution in [0.1, 0.15) is 25.8 Å². The predicted octanol–water partition coefficient (Wildman–Crippen LogP) is 3.50. The molecule has 5 heteroatoms. The number of aryl methyl sites for hydroxylation is 2. The van der Waals surface area contributed by atoms with Gasteiger partial charge in [0.1, 0.15) is 0 Å². The van der Waals surface area contributed by atoms with Gasteiger partial charge in [0.25, 0.3) is 0 Å². The Hall–Kier alpha value is -1.46. The molecule has 0 saturated carbocycles. The Morgan fingerprint density at radius 1 is 1.44 bits per heavy atom. The first-order valence-electron chi connectivity index (χ1n) is 5.65. The van der Waals surface area contributed by atoms with Gasteiger partial charge in [0.05, 0.1) is 17.0 Å². The van der Waals surface area contributed by atoms with E-state index in [-0.39, 0.29) is 5.78 Å². The molecule has 0 N–H and O–H groups in total. The number of rotatable bonds is 3. The zero-order valence-corrected chi connectivity index (χ0v) is 11.8. The summed E-state index contributed by atoms with van der Waals surface area (Å²) in [7, 11) is 0. The van der Waals surface area contributed by atoms with Gasteiger partial charge in [0, 0.05) is 22.7 Å². The van der Waals surface area contributed by atoms with Crippen molar-refractivity contribution in [2.24, 2.45) is 0 Å². The van der Waals surface area contributed by atoms with E-state index in [2.05, 4.69) is 4.98 Å². The monoisotopic (exact) mass is 276 g/mol. The van der Waals surface area contributed by atoms with Crippen LogP contribution in [-0.4, -0.2) is 15.2 Å². The minimum Gasteiger partial charge on any atom is -0.297 e. The number of carbonyl (C=O) groups is 1. The van der Waals surface area contributed by atoms with E-state index in [0.29, 0.717) is 6.42 Å². The number of carbonyl (C=O) groups excluding carboxylic acids is 1. The number of thiophene rings is 1. The van der Waals surface area contributed by atoms with Crippen LogP contribution in [0.5, 0.6) is 0 Å². The molecule has 0 fully saturated rings. The maximum atomic E-state index is 12.1. The van der Waals surface area contributed by atoms with Crippen LogP contribution in [0, 0.1) is 13.8 Å². The summed E-state index contributed by atoms with van der Waals surface area (Å²) in [6, 6.07) is 1.97. The molecule has 3 aromatic rings. The second-order valence-electron chi connectivity index (χ2n) is 4.27. The van der Waals surface area contributed by atoms with Crippen LogP contribution in [0.4, 0.5) is 0 Å². The third kappa shape index (κ3) is 2.00. The van der Waals surface area contributed by atoms with E-state index in [1.165, 1.54) is 10.4 Å². The molecule has 3 nitrogen and oxygen atoms in total. The van der Waals surface area contributed by atoms with Gasteiger partial charge in [-0.3, -0.25) is 9.20 Å². The fourth-order valence-electron chi connectivity index (χ4n) is 1.82. The standard InChI is InChI=1S/C13H12N2OS2/c1-8-5-12(18-9(8)2)11(16)6-10-7-15-3-4-17-13(15)14-10/h3-5,7H,6H2,1-2H3. The molecule has 0 atom stereocenters. The Morgan fingerprint density at radius 2 is 2.28 bits per heavy atom. The maximum absolute atomic E-state index is 12.1. The van der Waals surface area contributed by atoms with E-state index in [9.17, 15) is 4.79 Å². The van der Waals surface area contributed by atoms with Gasteiger partial charge < -0.3 is 0 Å². The average Bonchev–Trinajstić information content (AvgIpc) is 2.95. The highest BCUT2D eigenvalue weighted by Gasteiger charge is 2.13. The molecular weight excluding hydrogens is 264 g/mol. The van der Waals surface area contributed by atoms with Crippen LogP contribution in [-0.2, 0) is 6.42 Å². The summed E-state index contributed by atoms with van der Waals surface area (Å²) in [5, 5.41) is 1.99. The minimum atomic E-state index is 0.155. The highest BCUT2D eigenvalue weighted by Crippen LogP contribution is 2.22. The molecule has 92 valence electrons. The fourth-order valence-corrected chi connectivity index (χ4v) is 3.51. The zero-order valence-electron chi connectivity index (χ0n) is 10.1. The topological polar surface area (TPSA) is 34.4 Å². The fraction of sp³-hybridized carbons (Fsp3) is 0.231. The van der Waals surface area contributed by atoms with Crippen molar-refractivity contribution in [1.29, 1.82) is 0 Å². The van der Waals surface area contributed by atoms with Crippen LogP contribution in [0.15, 0.2) is 23.8 Å². The van der Waals surface area contributed by atoms with Gasteiger partial charge in [-0.05, 0) is 25.5 Å². The van der Waals surface area contributed by atoms with Gasteiger partial charge in [-0.25, -0.2) is 4.98 Å². The van der Waals surface area contributed by atoms with Crippen molar-refractivity contribution in [2.45, 2.75) is 20.3 Å². The molecule has 0 saturated heterocycles. The number of ketones is 1. The van der Waals surface area contributed by atoms with Gasteiger partial charge >= 0.3 is 0 Å². The summed E-state index contributed by atoms with van der Waals surface area (Å²) < 4.78 is 1.96. The van der Waals surface area contributed by atoms with Crippen LogP contribution in [0.3, 0.4) is 0 Å². The number of thiazole rings is 1. The van der Waals surface area contributed by atoms with E-state index in [4.69, 9.17) is 0 Å². The number of hydrogen-bond donors (Lipinski definition) is 0. The Morgan fingerprint density at radius 3 is 2.94 bits per heavy atom. The Balaban J connectivity index is 1.84. The molecule has 0 spiro atoms. The van der Waals surface area contributed by atoms with Crippen LogP contribution in [0.25, 0.3) is 4.96 Å². The molecular formula is C13H12N2OS2. The van der Waals surface area contributed by atoms with Crippen molar-refractivity contribution in [1.82, 2.24) is 9.38 Å². The van der Waals surface area contributed by atoms with Gasteiger partial charge in [-0.1, -0.05) is 0 Å². The normalized spacial score (nSPS) is 11.2. The van der Waals surface area contributed by atoms with Crippen LogP contribution in [0.2, 0.25) is 0 Å². The maximum Gasteiger partial charge on any atom is 0.193 e. The molecule has 0 unspecified atom stereocenters. The largest absolute Gasteiger partial charge is 0.297 e. The van der Waals surface area contributed by atoms with Crippen molar-refractivity contribution < 1.29 is 4.79 Å². The quantitative estimate of drug-likeness (QED) is 0.686. The van der Waals surface area contributed by atoms with Gasteiger partial charge in [0.15, 0.2) is 10.7 Å². The van der Waals surface area contributed by atoms with E-state index in [1.54, 1.807) is 22.7 Å². The van der Waals surface area contributed by atoms with Crippen LogP contribution >= 0.6 is 22.7 Å². The van der Waals surface area contributed by atoms with Gasteiger partial charge in [0.2, 0.25) is 0 Å². The van der Waals surface area contributed by atoms with Crippen molar-refractivity contribution in [2.75, 3.05) is 0 Å². The zero-order chi connectivity index (χ0) is 12.7. The summed E-state index contributed by atoms with van der Waals surface area (Å²) in [6.07, 6.45) is 4.27. The summed E-state index contributed by atoms with van der Waals surface area (Å²) in [5.74, 6) is 0.155. The summed E-state index contributed by atoms with van der Waals surface area (Å²) in [5.41, 5.74) is 2.03. The van der Waals surface area contributed by atoms with Crippen molar-refractivity contribution in [3.05, 3.63) is 44.9 Å². The number of fused-ring (bicyclic) bond motifs is 1. The number of hydrogen-bond acceptors (Lipinski definition) is 4. The molecule has 0 aliphatic heterocycles. The Labute approximate surface area is 113 Å². The first-order valence-corrected chi connectivity index (χ1v) is 7.34. The molecule has 3 heterocycles. The third-order valence-corrected chi connectivity index (χ3v) is 4.89. The smallest absolute Gasteiger partial charge is 0.193 e. The predicted molar refractivity (Wildman–Crippen MR) is 74.9 cm³/mol. The number of aromatic nitrogens is 2. The SMILES string of the molecule is Cc1cc(C(=O)Cc2cn3ccsc3n2)sc1C. The molecule has 3 rings (SSSR count). The Kier molecular flexibility index (Phi) is 2.80. The molecule has 3 aromatic heterocycles. The van der Waals surface area contributed by atoms with Crippen molar-refractivity contribution in [3.8, 4) is 0 Å². The van der Waals surface area contributed by atoms with E-state index in [1.807, 2.05) is 42.1 Å². The van der Waals surface area contributed by atoms with Gasteiger partial charge in [-0.2, -0.15) is 0 Å². The molecule has 18 heavy (non-hydrogen) atoms. The number of Topliss-reactive ketones (excluding diaryl/α,β-unsaturated/α-hetero) is 1. The third-order valence-electron chi connectivity index (χ3n) is 2.93. The molecule has 0 radical (unpaired) electrons. The highest BCUT2D eigenvalue weighted by molar-refractivity contribution is 7.15.